The molecule has 1 aromatic rings. The van der Waals surface area contributed by atoms with Crippen LogP contribution in [0.15, 0.2) is 12.4 Å². The first-order valence-electron chi connectivity index (χ1n) is 5.00. The number of nitrogens with zero attached hydrogens (tertiary/aromatic N) is 1. The van der Waals surface area contributed by atoms with Gasteiger partial charge in [0.25, 0.3) is 0 Å². The summed E-state index contributed by atoms with van der Waals surface area (Å²) in [5.41, 5.74) is 2.31. The largest absolute Gasteiger partial charge is 0.367 e. The maximum atomic E-state index is 7.73. The number of aryl methyl sites for hydroxylation is 1. The van der Waals surface area contributed by atoms with E-state index in [0.717, 1.165) is 5.56 Å². The van der Waals surface area contributed by atoms with Gasteiger partial charge in [-0.15, -0.1) is 0 Å². The van der Waals surface area contributed by atoms with Gasteiger partial charge in [-0.3, -0.25) is 16.1 Å². The molecule has 1 heterocycles. The van der Waals surface area contributed by atoms with Gasteiger partial charge in [0, 0.05) is 33.0 Å². The molecule has 0 amide bonds. The highest BCUT2D eigenvalue weighted by molar-refractivity contribution is 5.95. The minimum Gasteiger partial charge on any atom is -0.367 e. The zero-order valence-electron chi connectivity index (χ0n) is 9.81. The van der Waals surface area contributed by atoms with Gasteiger partial charge in [0.05, 0.1) is 0 Å². The predicted octanol–water partition coefficient (Wildman–Crippen LogP) is 0.433. The Kier molecular flexibility index (Phi) is 3.93. The summed E-state index contributed by atoms with van der Waals surface area (Å²) in [6, 6.07) is 0. The van der Waals surface area contributed by atoms with E-state index < -0.39 is 0 Å². The summed E-state index contributed by atoms with van der Waals surface area (Å²) in [6.45, 7) is 2.66. The fourth-order valence-electron chi connectivity index (χ4n) is 1.26. The van der Waals surface area contributed by atoms with Gasteiger partial charge in [0.15, 0.2) is 11.9 Å². The first-order chi connectivity index (χ1) is 7.54. The van der Waals surface area contributed by atoms with Gasteiger partial charge in [0.2, 0.25) is 0 Å². The molecule has 0 aliphatic rings. The van der Waals surface area contributed by atoms with Crippen LogP contribution in [0.4, 0.5) is 0 Å². The van der Waals surface area contributed by atoms with E-state index in [1.54, 1.807) is 11.9 Å². The van der Waals surface area contributed by atoms with Gasteiger partial charge in [-0.1, -0.05) is 0 Å². The van der Waals surface area contributed by atoms with Crippen LogP contribution in [0, 0.1) is 17.7 Å². The third-order valence-corrected chi connectivity index (χ3v) is 2.35. The summed E-state index contributed by atoms with van der Waals surface area (Å²) in [6.07, 6.45) is 3.85. The first-order valence-corrected chi connectivity index (χ1v) is 5.00. The Labute approximate surface area is 95.1 Å². The van der Waals surface area contributed by atoms with Crippen molar-refractivity contribution in [3.8, 4) is 0 Å². The lowest BCUT2D eigenvalue weighted by Gasteiger charge is -2.20. The van der Waals surface area contributed by atoms with Crippen molar-refractivity contribution in [1.82, 2.24) is 20.5 Å². The molecule has 0 aliphatic heterocycles. The number of guanidine groups is 2. The van der Waals surface area contributed by atoms with E-state index in [-0.39, 0.29) is 11.9 Å². The van der Waals surface area contributed by atoms with E-state index in [0.29, 0.717) is 6.54 Å². The van der Waals surface area contributed by atoms with Crippen LogP contribution in [0.3, 0.4) is 0 Å². The molecule has 0 spiro atoms. The molecule has 1 rings (SSSR count). The molecule has 0 bridgehead atoms. The molecular formula is C10H18N6. The molecule has 0 aliphatic carbocycles. The third-order valence-electron chi connectivity index (χ3n) is 2.35. The minimum absolute atomic E-state index is 0.114. The SMILES string of the molecule is CNC(=N)NC(=N)N(C)Cc1c[nH]cc1C. The van der Waals surface area contributed by atoms with Crippen LogP contribution in [0.2, 0.25) is 0 Å². The highest BCUT2D eigenvalue weighted by Gasteiger charge is 2.08. The molecule has 0 fully saturated rings. The van der Waals surface area contributed by atoms with Crippen LogP contribution in [0.1, 0.15) is 11.1 Å². The Morgan fingerprint density at radius 1 is 1.44 bits per heavy atom. The molecule has 0 atom stereocenters. The topological polar surface area (TPSA) is 90.8 Å². The number of H-pyrrole nitrogens is 1. The first kappa shape index (κ1) is 12.1. The lowest BCUT2D eigenvalue weighted by molar-refractivity contribution is 0.483. The fourth-order valence-corrected chi connectivity index (χ4v) is 1.26. The molecule has 5 N–H and O–H groups in total. The van der Waals surface area contributed by atoms with Gasteiger partial charge in [-0.25, -0.2) is 0 Å². The Bertz CT molecular complexity index is 380. The number of hydrogen-bond donors (Lipinski definition) is 5. The van der Waals surface area contributed by atoms with E-state index >= 15 is 0 Å². The average molecular weight is 222 g/mol. The van der Waals surface area contributed by atoms with Crippen molar-refractivity contribution in [2.75, 3.05) is 14.1 Å². The Balaban J connectivity index is 2.52. The Morgan fingerprint density at radius 2 is 2.12 bits per heavy atom. The molecule has 0 saturated carbocycles. The number of aromatic amines is 1. The summed E-state index contributed by atoms with van der Waals surface area (Å²) in [4.78, 5) is 4.76. The summed E-state index contributed by atoms with van der Waals surface area (Å²) in [5, 5.41) is 20.3. The average Bonchev–Trinajstić information content (AvgIpc) is 2.64. The molecule has 16 heavy (non-hydrogen) atoms. The molecule has 0 saturated heterocycles. The summed E-state index contributed by atoms with van der Waals surface area (Å²) in [7, 11) is 3.45. The Hall–Kier alpha value is -1.98. The molecule has 1 aromatic heterocycles. The predicted molar refractivity (Wildman–Crippen MR) is 64.6 cm³/mol. The normalized spacial score (nSPS) is 9.69. The second-order valence-corrected chi connectivity index (χ2v) is 3.62. The molecule has 6 nitrogen and oxygen atoms in total. The molecule has 0 unspecified atom stereocenters. The summed E-state index contributed by atoms with van der Waals surface area (Å²) < 4.78 is 0. The lowest BCUT2D eigenvalue weighted by atomic mass is 10.2. The maximum Gasteiger partial charge on any atom is 0.197 e. The summed E-state index contributed by atoms with van der Waals surface area (Å²) in [5.74, 6) is 0.308. The van der Waals surface area contributed by atoms with Crippen molar-refractivity contribution < 1.29 is 0 Å². The zero-order chi connectivity index (χ0) is 12.1. The van der Waals surface area contributed by atoms with Crippen LogP contribution in [-0.2, 0) is 6.54 Å². The number of hydrogen-bond acceptors (Lipinski definition) is 2. The van der Waals surface area contributed by atoms with Crippen LogP contribution in [-0.4, -0.2) is 35.9 Å². The highest BCUT2D eigenvalue weighted by Crippen LogP contribution is 2.08. The Morgan fingerprint density at radius 3 is 2.62 bits per heavy atom. The van der Waals surface area contributed by atoms with E-state index in [1.165, 1.54) is 5.56 Å². The van der Waals surface area contributed by atoms with Gasteiger partial charge in [0.1, 0.15) is 0 Å². The molecule has 0 aromatic carbocycles. The maximum absolute atomic E-state index is 7.73. The third kappa shape index (κ3) is 3.01. The van der Waals surface area contributed by atoms with Crippen molar-refractivity contribution in [1.29, 1.82) is 10.8 Å². The number of nitrogens with one attached hydrogen (secondary N) is 5. The van der Waals surface area contributed by atoms with Crippen molar-refractivity contribution in [3.05, 3.63) is 23.5 Å². The van der Waals surface area contributed by atoms with Crippen molar-refractivity contribution in [2.24, 2.45) is 0 Å². The standard InChI is InChI=1S/C10H18N6/c1-7-4-14-5-8(7)6-16(3)10(12)15-9(11)13-2/h4-5,14H,6H2,1-3H3,(H4,11,12,13,15). The van der Waals surface area contributed by atoms with Gasteiger partial charge in [-0.05, 0) is 18.1 Å². The van der Waals surface area contributed by atoms with Crippen LogP contribution in [0.5, 0.6) is 0 Å². The monoisotopic (exact) mass is 222 g/mol. The van der Waals surface area contributed by atoms with Crippen molar-refractivity contribution >= 4 is 11.9 Å². The fraction of sp³-hybridized carbons (Fsp3) is 0.400. The molecule has 0 radical (unpaired) electrons. The second kappa shape index (κ2) is 5.20. The van der Waals surface area contributed by atoms with E-state index in [2.05, 4.69) is 15.6 Å². The quantitative estimate of drug-likeness (QED) is 0.371. The van der Waals surface area contributed by atoms with Crippen LogP contribution in [0.25, 0.3) is 0 Å². The molecule has 6 heteroatoms. The van der Waals surface area contributed by atoms with Crippen molar-refractivity contribution in [3.63, 3.8) is 0 Å². The van der Waals surface area contributed by atoms with E-state index in [4.69, 9.17) is 10.8 Å². The molecule has 88 valence electrons. The zero-order valence-corrected chi connectivity index (χ0v) is 9.81. The van der Waals surface area contributed by atoms with Crippen molar-refractivity contribution in [2.45, 2.75) is 13.5 Å². The minimum atomic E-state index is 0.114. The summed E-state index contributed by atoms with van der Waals surface area (Å²) >= 11 is 0. The number of aromatic nitrogens is 1. The van der Waals surface area contributed by atoms with E-state index in [9.17, 15) is 0 Å². The second-order valence-electron chi connectivity index (χ2n) is 3.62. The van der Waals surface area contributed by atoms with Crippen LogP contribution < -0.4 is 10.6 Å². The molecular weight excluding hydrogens is 204 g/mol. The lowest BCUT2D eigenvalue weighted by Crippen LogP contribution is -2.45. The number of rotatable bonds is 2. The highest BCUT2D eigenvalue weighted by atomic mass is 15.3. The van der Waals surface area contributed by atoms with Gasteiger partial charge in [-0.2, -0.15) is 0 Å². The van der Waals surface area contributed by atoms with Crippen LogP contribution >= 0.6 is 0 Å². The smallest absolute Gasteiger partial charge is 0.197 e. The van der Waals surface area contributed by atoms with Gasteiger partial charge < -0.3 is 15.2 Å². The van der Waals surface area contributed by atoms with E-state index in [1.807, 2.05) is 26.4 Å². The van der Waals surface area contributed by atoms with Gasteiger partial charge >= 0.3 is 0 Å².